The molecule has 0 nitrogen and oxygen atoms in total. The first-order valence-electron chi connectivity index (χ1n) is 4.21. The van der Waals surface area contributed by atoms with E-state index < -0.39 is 11.7 Å². The van der Waals surface area contributed by atoms with E-state index in [0.29, 0.717) is 0 Å². The van der Waals surface area contributed by atoms with Crippen LogP contribution < -0.4 is 12.4 Å². The molecule has 17 heavy (non-hydrogen) atoms. The van der Waals surface area contributed by atoms with Crippen LogP contribution in [0.1, 0.15) is 5.56 Å². The van der Waals surface area contributed by atoms with Gasteiger partial charge in [0.25, 0.3) is 0 Å². The normalized spacial score (nSPS) is 10.3. The Morgan fingerprint density at radius 1 is 1.00 bits per heavy atom. The van der Waals surface area contributed by atoms with Crippen LogP contribution in [-0.2, 0) is 25.7 Å². The quantitative estimate of drug-likeness (QED) is 0.546. The Labute approximate surface area is 120 Å². The molecule has 0 unspecified atom stereocenters. The van der Waals surface area contributed by atoms with Gasteiger partial charge in [-0.1, -0.05) is 29.8 Å². The Bertz CT molecular complexity index is 437. The van der Waals surface area contributed by atoms with Crippen LogP contribution in [0.15, 0.2) is 36.4 Å². The molecule has 1 heterocycles. The third-order valence-corrected chi connectivity index (χ3v) is 2.81. The van der Waals surface area contributed by atoms with Crippen molar-refractivity contribution < 1.29 is 45.1 Å². The first-order chi connectivity index (χ1) is 7.07. The smallest absolute Gasteiger partial charge is 1.00 e. The maximum Gasteiger partial charge on any atom is 2.00 e. The van der Waals surface area contributed by atoms with E-state index in [4.69, 9.17) is 0 Å². The summed E-state index contributed by atoms with van der Waals surface area (Å²) in [7, 11) is 0. The fourth-order valence-corrected chi connectivity index (χ4v) is 1.87. The Balaban J connectivity index is 0.00000128. The maximum atomic E-state index is 12.3. The molecule has 0 aliphatic heterocycles. The molecule has 6 heteroatoms. The number of halogens is 4. The van der Waals surface area contributed by atoms with E-state index in [-0.39, 0.29) is 31.9 Å². The Hall–Kier alpha value is -0.377. The largest absolute Gasteiger partial charge is 2.00 e. The SMILES string of the molecule is FC(F)(F)c1ccc(-c2cc[c-]s2)cc1.[Cl-].[Zn+2]. The molecule has 0 aliphatic carbocycles. The van der Waals surface area contributed by atoms with Gasteiger partial charge in [0.15, 0.2) is 0 Å². The second kappa shape index (κ2) is 6.53. The molecule has 0 aliphatic rings. The third-order valence-electron chi connectivity index (χ3n) is 1.97. The molecular weight excluding hydrogens is 322 g/mol. The summed E-state index contributed by atoms with van der Waals surface area (Å²) in [6.45, 7) is 0. The average molecular weight is 328 g/mol. The van der Waals surface area contributed by atoms with Crippen molar-refractivity contribution in [2.45, 2.75) is 6.18 Å². The van der Waals surface area contributed by atoms with Gasteiger partial charge in [-0.25, -0.2) is 0 Å². The number of benzene rings is 1. The van der Waals surface area contributed by atoms with Crippen LogP contribution in [0, 0.1) is 5.38 Å². The van der Waals surface area contributed by atoms with Gasteiger partial charge < -0.3 is 12.4 Å². The van der Waals surface area contributed by atoms with Crippen molar-refractivity contribution in [1.29, 1.82) is 0 Å². The zero-order valence-corrected chi connectivity index (χ0v) is 13.1. The maximum absolute atomic E-state index is 12.3. The summed E-state index contributed by atoms with van der Waals surface area (Å²) < 4.78 is 36.8. The van der Waals surface area contributed by atoms with Crippen LogP contribution in [0.5, 0.6) is 0 Å². The molecule has 0 N–H and O–H groups in total. The summed E-state index contributed by atoms with van der Waals surface area (Å²) in [4.78, 5) is 0.920. The Kier molecular flexibility index (Phi) is 6.38. The van der Waals surface area contributed by atoms with Crippen molar-refractivity contribution in [3.63, 3.8) is 0 Å². The van der Waals surface area contributed by atoms with Crippen molar-refractivity contribution in [1.82, 2.24) is 0 Å². The minimum absolute atomic E-state index is 0. The predicted molar refractivity (Wildman–Crippen MR) is 53.6 cm³/mol. The van der Waals surface area contributed by atoms with E-state index in [2.05, 4.69) is 5.38 Å². The summed E-state index contributed by atoms with van der Waals surface area (Å²) in [5.41, 5.74) is 0.168. The van der Waals surface area contributed by atoms with Crippen LogP contribution in [0.2, 0.25) is 0 Å². The van der Waals surface area contributed by atoms with Crippen LogP contribution in [0.4, 0.5) is 13.2 Å². The van der Waals surface area contributed by atoms with Crippen molar-refractivity contribution in [2.75, 3.05) is 0 Å². The number of alkyl halides is 3. The molecule has 86 valence electrons. The van der Waals surface area contributed by atoms with Crippen molar-refractivity contribution in [3.8, 4) is 10.4 Å². The fraction of sp³-hybridized carbons (Fsp3) is 0.0909. The molecule has 0 amide bonds. The first-order valence-corrected chi connectivity index (χ1v) is 5.02. The molecule has 0 spiro atoms. The number of hydrogen-bond acceptors (Lipinski definition) is 1. The molecule has 0 bridgehead atoms. The van der Waals surface area contributed by atoms with Gasteiger partial charge in [0.1, 0.15) is 0 Å². The third kappa shape index (κ3) is 4.09. The molecule has 2 aromatic rings. The van der Waals surface area contributed by atoms with Gasteiger partial charge in [-0.3, -0.25) is 11.3 Å². The van der Waals surface area contributed by atoms with E-state index in [1.165, 1.54) is 23.5 Å². The van der Waals surface area contributed by atoms with Gasteiger partial charge in [-0.15, -0.1) is 10.3 Å². The minimum Gasteiger partial charge on any atom is -1.00 e. The number of rotatable bonds is 1. The summed E-state index contributed by atoms with van der Waals surface area (Å²) in [5, 5.41) is 2.89. The van der Waals surface area contributed by atoms with Crippen LogP contribution in [0.25, 0.3) is 10.4 Å². The Morgan fingerprint density at radius 3 is 2.00 bits per heavy atom. The predicted octanol–water partition coefficient (Wildman–Crippen LogP) is 1.24. The van der Waals surface area contributed by atoms with E-state index in [0.717, 1.165) is 22.6 Å². The second-order valence-corrected chi connectivity index (χ2v) is 3.87. The van der Waals surface area contributed by atoms with Gasteiger partial charge in [0.2, 0.25) is 0 Å². The van der Waals surface area contributed by atoms with Gasteiger partial charge in [0.05, 0.1) is 5.56 Å². The molecule has 0 radical (unpaired) electrons. The molecule has 1 aromatic heterocycles. The molecular formula is C11H6ClF3SZn. The standard InChI is InChI=1S/C11H6F3S.ClH.Zn/c12-11(13,14)9-5-3-8(4-6-9)10-2-1-7-15-10;;/h1-6H;1H;/q-1;;+2/p-1. The minimum atomic E-state index is -4.26. The summed E-state index contributed by atoms with van der Waals surface area (Å²) in [6, 6.07) is 8.71. The van der Waals surface area contributed by atoms with Crippen molar-refractivity contribution in [2.24, 2.45) is 0 Å². The monoisotopic (exact) mass is 326 g/mol. The van der Waals surface area contributed by atoms with E-state index in [1.807, 2.05) is 6.07 Å². The van der Waals surface area contributed by atoms with Crippen molar-refractivity contribution >= 4 is 11.3 Å². The number of hydrogen-bond donors (Lipinski definition) is 0. The van der Waals surface area contributed by atoms with Gasteiger partial charge in [-0.2, -0.15) is 25.3 Å². The molecule has 0 atom stereocenters. The molecule has 0 saturated carbocycles. The summed E-state index contributed by atoms with van der Waals surface area (Å²) in [5.74, 6) is 0. The van der Waals surface area contributed by atoms with Crippen molar-refractivity contribution in [3.05, 3.63) is 47.3 Å². The number of thiophene rings is 1. The topological polar surface area (TPSA) is 0 Å². The molecule has 1 aromatic carbocycles. The van der Waals surface area contributed by atoms with Crippen LogP contribution >= 0.6 is 11.3 Å². The molecule has 0 fully saturated rings. The summed E-state index contributed by atoms with van der Waals surface area (Å²) in [6.07, 6.45) is -4.26. The van der Waals surface area contributed by atoms with Gasteiger partial charge >= 0.3 is 25.7 Å². The molecule has 0 saturated heterocycles. The molecule has 2 rings (SSSR count). The second-order valence-electron chi connectivity index (χ2n) is 2.99. The Morgan fingerprint density at radius 2 is 1.59 bits per heavy atom. The summed E-state index contributed by atoms with van der Waals surface area (Å²) >= 11 is 1.38. The van der Waals surface area contributed by atoms with Gasteiger partial charge in [0, 0.05) is 0 Å². The first kappa shape index (κ1) is 16.6. The zero-order chi connectivity index (χ0) is 10.9. The fourth-order valence-electron chi connectivity index (χ4n) is 1.22. The van der Waals surface area contributed by atoms with Gasteiger partial charge in [-0.05, 0) is 0 Å². The zero-order valence-electron chi connectivity index (χ0n) is 8.59. The van der Waals surface area contributed by atoms with E-state index >= 15 is 0 Å². The van der Waals surface area contributed by atoms with E-state index in [1.54, 1.807) is 6.07 Å². The van der Waals surface area contributed by atoms with Crippen LogP contribution in [-0.4, -0.2) is 0 Å². The average Bonchev–Trinajstić information content (AvgIpc) is 2.69. The van der Waals surface area contributed by atoms with Crippen LogP contribution in [0.3, 0.4) is 0 Å². The van der Waals surface area contributed by atoms with E-state index in [9.17, 15) is 13.2 Å².